The lowest BCUT2D eigenvalue weighted by molar-refractivity contribution is 0.579. The lowest BCUT2D eigenvalue weighted by Gasteiger charge is -2.17. The van der Waals surface area contributed by atoms with Gasteiger partial charge >= 0.3 is 0 Å². The molecular formula is C13H27N3O2S. The molecule has 0 amide bonds. The number of hydrogen-bond acceptors (Lipinski definition) is 3. The van der Waals surface area contributed by atoms with Crippen LogP contribution in [0.25, 0.3) is 0 Å². The van der Waals surface area contributed by atoms with Gasteiger partial charge in [0.05, 0.1) is 5.75 Å². The fourth-order valence-electron chi connectivity index (χ4n) is 2.16. The first-order valence-corrected chi connectivity index (χ1v) is 9.09. The fourth-order valence-corrected chi connectivity index (χ4v) is 2.94. The van der Waals surface area contributed by atoms with Crippen LogP contribution in [0, 0.1) is 5.92 Å². The molecule has 3 atom stereocenters. The lowest BCUT2D eigenvalue weighted by atomic mass is 10.2. The van der Waals surface area contributed by atoms with Crippen molar-refractivity contribution in [1.29, 1.82) is 0 Å². The molecule has 19 heavy (non-hydrogen) atoms. The normalized spacial score (nSPS) is 24.9. The quantitative estimate of drug-likeness (QED) is 0.545. The molecule has 0 aromatic heterocycles. The molecule has 3 unspecified atom stereocenters. The van der Waals surface area contributed by atoms with Crippen molar-refractivity contribution in [3.63, 3.8) is 0 Å². The Bertz CT molecular complexity index is 406. The number of aliphatic imine (C=N–C) groups is 1. The van der Waals surface area contributed by atoms with Crippen molar-refractivity contribution < 1.29 is 8.42 Å². The highest BCUT2D eigenvalue weighted by atomic mass is 32.2. The SMILES string of the molecule is CCCC1CC1NC(=NC)NC(C)CCS(C)(=O)=O. The minimum Gasteiger partial charge on any atom is -0.354 e. The number of sulfone groups is 1. The summed E-state index contributed by atoms with van der Waals surface area (Å²) in [6.07, 6.45) is 5.57. The molecule has 0 aliphatic heterocycles. The average Bonchev–Trinajstić information content (AvgIpc) is 3.03. The number of hydrogen-bond donors (Lipinski definition) is 2. The predicted octanol–water partition coefficient (Wildman–Crippen LogP) is 1.16. The van der Waals surface area contributed by atoms with E-state index in [1.165, 1.54) is 25.5 Å². The van der Waals surface area contributed by atoms with Gasteiger partial charge in [0.25, 0.3) is 0 Å². The second-order valence-corrected chi connectivity index (χ2v) is 7.83. The van der Waals surface area contributed by atoms with E-state index in [1.54, 1.807) is 7.05 Å². The van der Waals surface area contributed by atoms with Crippen LogP contribution in [0.3, 0.4) is 0 Å². The molecule has 6 heteroatoms. The van der Waals surface area contributed by atoms with Crippen molar-refractivity contribution in [3.05, 3.63) is 0 Å². The highest BCUT2D eigenvalue weighted by Crippen LogP contribution is 2.34. The van der Waals surface area contributed by atoms with E-state index in [0.717, 1.165) is 11.9 Å². The molecular weight excluding hydrogens is 262 g/mol. The van der Waals surface area contributed by atoms with Crippen molar-refractivity contribution in [3.8, 4) is 0 Å². The molecule has 0 saturated heterocycles. The Balaban J connectivity index is 2.29. The third kappa shape index (κ3) is 6.80. The molecule has 0 aromatic rings. The van der Waals surface area contributed by atoms with Crippen LogP contribution in [0.4, 0.5) is 0 Å². The molecule has 0 radical (unpaired) electrons. The summed E-state index contributed by atoms with van der Waals surface area (Å²) in [5.74, 6) is 1.76. The van der Waals surface area contributed by atoms with Gasteiger partial charge in [-0.2, -0.15) is 0 Å². The Morgan fingerprint density at radius 1 is 1.47 bits per heavy atom. The molecule has 1 aliphatic rings. The molecule has 0 heterocycles. The van der Waals surface area contributed by atoms with E-state index >= 15 is 0 Å². The first kappa shape index (κ1) is 16.3. The molecule has 1 aliphatic carbocycles. The largest absolute Gasteiger partial charge is 0.354 e. The standard InChI is InChI=1S/C13H27N3O2S/c1-5-6-11-9-12(11)16-13(14-3)15-10(2)7-8-19(4,17)18/h10-12H,5-9H2,1-4H3,(H2,14,15,16). The van der Waals surface area contributed by atoms with E-state index in [0.29, 0.717) is 12.5 Å². The van der Waals surface area contributed by atoms with Crippen molar-refractivity contribution >= 4 is 15.8 Å². The van der Waals surface area contributed by atoms with Crippen LogP contribution < -0.4 is 10.6 Å². The van der Waals surface area contributed by atoms with Crippen LogP contribution in [0.1, 0.15) is 39.5 Å². The summed E-state index contributed by atoms with van der Waals surface area (Å²) in [6, 6.07) is 0.637. The minimum absolute atomic E-state index is 0.101. The van der Waals surface area contributed by atoms with E-state index in [4.69, 9.17) is 0 Å². The summed E-state index contributed by atoms with van der Waals surface area (Å²) in [7, 11) is -1.14. The number of guanidine groups is 1. The predicted molar refractivity (Wildman–Crippen MR) is 80.2 cm³/mol. The van der Waals surface area contributed by atoms with Gasteiger partial charge in [0, 0.05) is 25.4 Å². The van der Waals surface area contributed by atoms with Crippen molar-refractivity contribution in [2.45, 2.75) is 51.6 Å². The van der Waals surface area contributed by atoms with Crippen molar-refractivity contribution in [2.75, 3.05) is 19.1 Å². The Kier molecular flexibility index (Phi) is 6.10. The molecule has 0 spiro atoms. The van der Waals surface area contributed by atoms with Gasteiger partial charge in [-0.1, -0.05) is 13.3 Å². The van der Waals surface area contributed by atoms with Gasteiger partial charge in [0.1, 0.15) is 9.84 Å². The molecule has 112 valence electrons. The van der Waals surface area contributed by atoms with Gasteiger partial charge < -0.3 is 10.6 Å². The van der Waals surface area contributed by atoms with Gasteiger partial charge in [-0.05, 0) is 32.1 Å². The molecule has 1 fully saturated rings. The maximum absolute atomic E-state index is 11.1. The molecule has 0 bridgehead atoms. The van der Waals surface area contributed by atoms with Crippen LogP contribution in [0.5, 0.6) is 0 Å². The maximum Gasteiger partial charge on any atom is 0.191 e. The molecule has 2 N–H and O–H groups in total. The first-order chi connectivity index (χ1) is 8.85. The molecule has 0 aromatic carbocycles. The average molecular weight is 289 g/mol. The van der Waals surface area contributed by atoms with E-state index in [1.807, 2.05) is 6.92 Å². The summed E-state index contributed by atoms with van der Waals surface area (Å²) < 4.78 is 22.2. The zero-order chi connectivity index (χ0) is 14.5. The summed E-state index contributed by atoms with van der Waals surface area (Å²) in [5.41, 5.74) is 0. The van der Waals surface area contributed by atoms with Crippen LogP contribution in [-0.2, 0) is 9.84 Å². The molecule has 5 nitrogen and oxygen atoms in total. The number of rotatable bonds is 7. The van der Waals surface area contributed by atoms with Gasteiger partial charge in [0.15, 0.2) is 5.96 Å². The van der Waals surface area contributed by atoms with Gasteiger partial charge in [-0.25, -0.2) is 8.42 Å². The Hall–Kier alpha value is -0.780. The summed E-state index contributed by atoms with van der Waals surface area (Å²) in [5, 5.41) is 6.64. The smallest absolute Gasteiger partial charge is 0.191 e. The highest BCUT2D eigenvalue weighted by molar-refractivity contribution is 7.90. The van der Waals surface area contributed by atoms with Gasteiger partial charge in [-0.15, -0.1) is 0 Å². The van der Waals surface area contributed by atoms with Crippen LogP contribution in [-0.4, -0.2) is 45.5 Å². The second kappa shape index (κ2) is 7.12. The van der Waals surface area contributed by atoms with Crippen LogP contribution in [0.2, 0.25) is 0 Å². The second-order valence-electron chi connectivity index (χ2n) is 5.57. The molecule has 1 saturated carbocycles. The number of nitrogens with one attached hydrogen (secondary N) is 2. The van der Waals surface area contributed by atoms with Crippen LogP contribution >= 0.6 is 0 Å². The van der Waals surface area contributed by atoms with E-state index in [2.05, 4.69) is 22.5 Å². The van der Waals surface area contributed by atoms with E-state index in [9.17, 15) is 8.42 Å². The van der Waals surface area contributed by atoms with Crippen molar-refractivity contribution in [1.82, 2.24) is 10.6 Å². The summed E-state index contributed by atoms with van der Waals surface area (Å²) in [4.78, 5) is 4.19. The Morgan fingerprint density at radius 3 is 2.68 bits per heavy atom. The minimum atomic E-state index is -2.89. The highest BCUT2D eigenvalue weighted by Gasteiger charge is 2.36. The van der Waals surface area contributed by atoms with Gasteiger partial charge in [-0.3, -0.25) is 4.99 Å². The lowest BCUT2D eigenvalue weighted by Crippen LogP contribution is -2.44. The number of nitrogens with zero attached hydrogens (tertiary/aromatic N) is 1. The van der Waals surface area contributed by atoms with E-state index < -0.39 is 9.84 Å². The third-order valence-corrected chi connectivity index (χ3v) is 4.41. The Morgan fingerprint density at radius 2 is 2.16 bits per heavy atom. The zero-order valence-electron chi connectivity index (χ0n) is 12.4. The maximum atomic E-state index is 11.1. The van der Waals surface area contributed by atoms with Crippen LogP contribution in [0.15, 0.2) is 4.99 Å². The first-order valence-electron chi connectivity index (χ1n) is 7.03. The monoisotopic (exact) mass is 289 g/mol. The van der Waals surface area contributed by atoms with E-state index in [-0.39, 0.29) is 11.8 Å². The summed E-state index contributed by atoms with van der Waals surface area (Å²) in [6.45, 7) is 4.18. The Labute approximate surface area is 117 Å². The fraction of sp³-hybridized carbons (Fsp3) is 0.923. The third-order valence-electron chi connectivity index (χ3n) is 3.43. The summed E-state index contributed by atoms with van der Waals surface area (Å²) >= 11 is 0. The van der Waals surface area contributed by atoms with Crippen molar-refractivity contribution in [2.24, 2.45) is 10.9 Å². The molecule has 1 rings (SSSR count). The topological polar surface area (TPSA) is 70.6 Å². The zero-order valence-corrected chi connectivity index (χ0v) is 13.3. The van der Waals surface area contributed by atoms with Gasteiger partial charge in [0.2, 0.25) is 0 Å².